The van der Waals surface area contributed by atoms with Crippen LogP contribution in [0, 0.1) is 5.92 Å². The summed E-state index contributed by atoms with van der Waals surface area (Å²) >= 11 is 0. The smallest absolute Gasteiger partial charge is 0.221 e. The Morgan fingerprint density at radius 3 is 2.97 bits per heavy atom. The summed E-state index contributed by atoms with van der Waals surface area (Å²) in [5, 5.41) is 3.53. The van der Waals surface area contributed by atoms with Gasteiger partial charge in [-0.3, -0.25) is 4.79 Å². The van der Waals surface area contributed by atoms with Gasteiger partial charge in [0.1, 0.15) is 5.75 Å². The number of unbranched alkanes of at least 4 members (excludes halogenated alkanes) is 1. The lowest BCUT2D eigenvalue weighted by atomic mass is 9.97. The van der Waals surface area contributed by atoms with Crippen molar-refractivity contribution < 1.29 is 9.53 Å². The van der Waals surface area contributed by atoms with Gasteiger partial charge >= 0.3 is 0 Å². The lowest BCUT2D eigenvalue weighted by Crippen LogP contribution is -2.41. The van der Waals surface area contributed by atoms with Gasteiger partial charge in [0.2, 0.25) is 5.91 Å². The van der Waals surface area contributed by atoms with Gasteiger partial charge in [0.25, 0.3) is 0 Å². The fourth-order valence-electron chi connectivity index (χ4n) is 3.93. The molecule has 2 aromatic rings. The molecule has 1 amide bonds. The molecule has 3 rings (SSSR count). The molecule has 30 heavy (non-hydrogen) atoms. The number of primary amides is 1. The van der Waals surface area contributed by atoms with Crippen molar-refractivity contribution in [2.75, 3.05) is 32.8 Å². The van der Waals surface area contributed by atoms with Gasteiger partial charge in [-0.05, 0) is 57.8 Å². The average Bonchev–Trinajstić information content (AvgIpc) is 3.28. The molecule has 3 N–H and O–H groups in total. The summed E-state index contributed by atoms with van der Waals surface area (Å²) in [6.45, 7) is 6.33. The first-order chi connectivity index (χ1) is 14.7. The van der Waals surface area contributed by atoms with Gasteiger partial charge in [-0.25, -0.2) is 4.98 Å². The van der Waals surface area contributed by atoms with Crippen LogP contribution < -0.4 is 15.8 Å². The molecule has 0 saturated carbocycles. The summed E-state index contributed by atoms with van der Waals surface area (Å²) in [4.78, 5) is 17.8. The number of hydrogen-bond acceptors (Lipinski definition) is 5. The van der Waals surface area contributed by atoms with Crippen LogP contribution in [0.5, 0.6) is 5.75 Å². The van der Waals surface area contributed by atoms with E-state index in [4.69, 9.17) is 10.5 Å². The van der Waals surface area contributed by atoms with Crippen LogP contribution in [0.4, 0.5) is 0 Å². The molecule has 7 nitrogen and oxygen atoms in total. The number of nitrogens with zero attached hydrogens (tertiary/aromatic N) is 3. The summed E-state index contributed by atoms with van der Waals surface area (Å²) in [6.07, 6.45) is 10.8. The number of imidazole rings is 1. The van der Waals surface area contributed by atoms with Crippen LogP contribution in [0.25, 0.3) is 0 Å². The zero-order chi connectivity index (χ0) is 21.0. The Morgan fingerprint density at radius 2 is 2.13 bits per heavy atom. The van der Waals surface area contributed by atoms with E-state index in [9.17, 15) is 4.79 Å². The minimum Gasteiger partial charge on any atom is -0.493 e. The van der Waals surface area contributed by atoms with E-state index in [2.05, 4.69) is 31.9 Å². The van der Waals surface area contributed by atoms with Gasteiger partial charge in [-0.1, -0.05) is 18.2 Å². The number of nitrogens with one attached hydrogen (secondary N) is 1. The Bertz CT molecular complexity index is 750. The van der Waals surface area contributed by atoms with Crippen molar-refractivity contribution in [1.82, 2.24) is 19.8 Å². The first kappa shape index (κ1) is 22.3. The molecule has 0 spiro atoms. The first-order valence-corrected chi connectivity index (χ1v) is 11.1. The van der Waals surface area contributed by atoms with Crippen molar-refractivity contribution in [3.8, 4) is 5.75 Å². The molecule has 1 aliphatic rings. The fraction of sp³-hybridized carbons (Fsp3) is 0.565. The molecule has 164 valence electrons. The van der Waals surface area contributed by atoms with E-state index in [-0.39, 0.29) is 11.8 Å². The summed E-state index contributed by atoms with van der Waals surface area (Å²) in [6, 6.07) is 8.25. The largest absolute Gasteiger partial charge is 0.493 e. The standard InChI is InChI=1S/C23H35N5O2/c24-23(29)21-8-5-13-27(18-21)14-6-10-25-17-20-7-1-2-9-22(20)30-16-4-3-12-28-15-11-26-19-28/h1-2,7,9,11,15,19,21,25H,3-6,8,10,12-14,16-18H2,(H2,24,29). The minimum absolute atomic E-state index is 0.0238. The Balaban J connectivity index is 1.30. The molecule has 1 atom stereocenters. The van der Waals surface area contributed by atoms with E-state index >= 15 is 0 Å². The van der Waals surface area contributed by atoms with E-state index in [1.54, 1.807) is 0 Å². The first-order valence-electron chi connectivity index (χ1n) is 11.1. The van der Waals surface area contributed by atoms with E-state index in [0.717, 1.165) is 83.7 Å². The molecule has 0 radical (unpaired) electrons. The fourth-order valence-corrected chi connectivity index (χ4v) is 3.93. The Labute approximate surface area is 179 Å². The second-order valence-corrected chi connectivity index (χ2v) is 8.04. The van der Waals surface area contributed by atoms with E-state index in [1.807, 2.05) is 30.9 Å². The number of nitrogens with two attached hydrogens (primary N) is 1. The number of ether oxygens (including phenoxy) is 1. The van der Waals surface area contributed by atoms with E-state index in [0.29, 0.717) is 0 Å². The number of aryl methyl sites for hydroxylation is 1. The lowest BCUT2D eigenvalue weighted by molar-refractivity contribution is -0.123. The molecule has 1 saturated heterocycles. The quantitative estimate of drug-likeness (QED) is 0.493. The predicted octanol–water partition coefficient (Wildman–Crippen LogP) is 2.42. The molecule has 7 heteroatoms. The summed E-state index contributed by atoms with van der Waals surface area (Å²) < 4.78 is 8.12. The van der Waals surface area contributed by atoms with Crippen LogP contribution >= 0.6 is 0 Å². The van der Waals surface area contributed by atoms with Crippen LogP contribution in [-0.4, -0.2) is 53.1 Å². The third-order valence-corrected chi connectivity index (χ3v) is 5.65. The SMILES string of the molecule is NC(=O)C1CCCN(CCCNCc2ccccc2OCCCCn2ccnc2)C1. The van der Waals surface area contributed by atoms with Gasteiger partial charge in [-0.2, -0.15) is 0 Å². The molecule has 1 aliphatic heterocycles. The van der Waals surface area contributed by atoms with Gasteiger partial charge in [-0.15, -0.1) is 0 Å². The molecule has 0 bridgehead atoms. The molecule has 1 fully saturated rings. The van der Waals surface area contributed by atoms with Gasteiger partial charge in [0.05, 0.1) is 18.9 Å². The third kappa shape index (κ3) is 7.46. The number of amides is 1. The normalized spacial score (nSPS) is 17.1. The predicted molar refractivity (Wildman–Crippen MR) is 118 cm³/mol. The molecule has 1 aromatic carbocycles. The van der Waals surface area contributed by atoms with Crippen molar-refractivity contribution in [3.63, 3.8) is 0 Å². The topological polar surface area (TPSA) is 85.4 Å². The summed E-state index contributed by atoms with van der Waals surface area (Å²) in [5.74, 6) is 0.833. The zero-order valence-electron chi connectivity index (χ0n) is 17.8. The van der Waals surface area contributed by atoms with Crippen molar-refractivity contribution >= 4 is 5.91 Å². The van der Waals surface area contributed by atoms with Crippen molar-refractivity contribution in [2.24, 2.45) is 11.7 Å². The van der Waals surface area contributed by atoms with Gasteiger partial charge < -0.3 is 25.3 Å². The monoisotopic (exact) mass is 413 g/mol. The van der Waals surface area contributed by atoms with Gasteiger partial charge in [0.15, 0.2) is 0 Å². The molecule has 0 aliphatic carbocycles. The number of hydrogen-bond donors (Lipinski definition) is 2. The van der Waals surface area contributed by atoms with Crippen molar-refractivity contribution in [1.29, 1.82) is 0 Å². The molecule has 2 heterocycles. The highest BCUT2D eigenvalue weighted by Gasteiger charge is 2.23. The maximum Gasteiger partial charge on any atom is 0.221 e. The average molecular weight is 414 g/mol. The molecule has 1 unspecified atom stereocenters. The second-order valence-electron chi connectivity index (χ2n) is 8.04. The highest BCUT2D eigenvalue weighted by Crippen LogP contribution is 2.18. The van der Waals surface area contributed by atoms with Crippen LogP contribution in [-0.2, 0) is 17.9 Å². The highest BCUT2D eigenvalue weighted by molar-refractivity contribution is 5.76. The number of benzene rings is 1. The number of likely N-dealkylation sites (tertiary alicyclic amines) is 1. The van der Waals surface area contributed by atoms with Gasteiger partial charge in [0, 0.05) is 37.6 Å². The van der Waals surface area contributed by atoms with Crippen molar-refractivity contribution in [3.05, 3.63) is 48.5 Å². The Morgan fingerprint density at radius 1 is 1.23 bits per heavy atom. The van der Waals surface area contributed by atoms with Crippen LogP contribution in [0.15, 0.2) is 43.0 Å². The molecule has 1 aromatic heterocycles. The number of rotatable bonds is 13. The lowest BCUT2D eigenvalue weighted by Gasteiger charge is -2.31. The maximum absolute atomic E-state index is 11.4. The Hall–Kier alpha value is -2.38. The number of carbonyl (C=O) groups is 1. The van der Waals surface area contributed by atoms with Crippen LogP contribution in [0.1, 0.15) is 37.7 Å². The Kier molecular flexibility index (Phi) is 9.18. The highest BCUT2D eigenvalue weighted by atomic mass is 16.5. The summed E-state index contributed by atoms with van der Waals surface area (Å²) in [5.41, 5.74) is 6.66. The number of piperidine rings is 1. The van der Waals surface area contributed by atoms with Crippen LogP contribution in [0.3, 0.4) is 0 Å². The molecular formula is C23H35N5O2. The third-order valence-electron chi connectivity index (χ3n) is 5.65. The minimum atomic E-state index is -0.156. The second kappa shape index (κ2) is 12.3. The van der Waals surface area contributed by atoms with Crippen molar-refractivity contribution in [2.45, 2.75) is 45.2 Å². The van der Waals surface area contributed by atoms with E-state index < -0.39 is 0 Å². The maximum atomic E-state index is 11.4. The zero-order valence-corrected chi connectivity index (χ0v) is 17.8. The molecular weight excluding hydrogens is 378 g/mol. The summed E-state index contributed by atoms with van der Waals surface area (Å²) in [7, 11) is 0. The number of carbonyl (C=O) groups excluding carboxylic acids is 1. The number of para-hydroxylation sites is 1. The van der Waals surface area contributed by atoms with Crippen LogP contribution in [0.2, 0.25) is 0 Å². The van der Waals surface area contributed by atoms with E-state index in [1.165, 1.54) is 5.56 Å². The number of aromatic nitrogens is 2.